The van der Waals surface area contributed by atoms with Gasteiger partial charge in [-0.05, 0) is 30.3 Å². The fraction of sp³-hybridized carbons (Fsp3) is 0.412. The molecule has 19 heavy (non-hydrogen) atoms. The molecule has 1 heterocycles. The van der Waals surface area contributed by atoms with Gasteiger partial charge in [-0.3, -0.25) is 0 Å². The highest BCUT2D eigenvalue weighted by Gasteiger charge is 2.02. The van der Waals surface area contributed by atoms with E-state index in [-0.39, 0.29) is 0 Å². The number of hydrogen-bond acceptors (Lipinski definition) is 0. The second-order valence-corrected chi connectivity index (χ2v) is 4.47. The van der Waals surface area contributed by atoms with E-state index in [1.807, 2.05) is 45.2 Å². The highest BCUT2D eigenvalue weighted by atomic mass is 35.5. The highest BCUT2D eigenvalue weighted by molar-refractivity contribution is 6.31. The summed E-state index contributed by atoms with van der Waals surface area (Å²) in [6.07, 6.45) is 4.48. The second kappa shape index (κ2) is 9.69. The first-order valence-electron chi connectivity index (χ1n) is 7.01. The normalized spacial score (nSPS) is 9.16. The van der Waals surface area contributed by atoms with Gasteiger partial charge in [0.05, 0.1) is 0 Å². The minimum atomic E-state index is 0.772. The lowest BCUT2D eigenvalue weighted by molar-refractivity contribution is 0.886. The molecule has 0 fully saturated rings. The molecule has 0 bridgehead atoms. The van der Waals surface area contributed by atoms with Crippen LogP contribution in [0.4, 0.5) is 0 Å². The molecule has 1 aromatic heterocycles. The van der Waals surface area contributed by atoms with Gasteiger partial charge in [0.1, 0.15) is 0 Å². The minimum absolute atomic E-state index is 0.772. The number of aryl methyl sites for hydroxylation is 1. The molecule has 0 spiro atoms. The molecule has 0 aliphatic carbocycles. The van der Waals surface area contributed by atoms with Crippen molar-refractivity contribution in [1.82, 2.24) is 4.57 Å². The Kier molecular flexibility index (Phi) is 9.07. The monoisotopic (exact) mass is 279 g/mol. The van der Waals surface area contributed by atoms with Crippen molar-refractivity contribution < 1.29 is 0 Å². The molecule has 2 aromatic rings. The third kappa shape index (κ3) is 5.12. The second-order valence-electron chi connectivity index (χ2n) is 4.04. The fourth-order valence-corrected chi connectivity index (χ4v) is 1.72. The molecule has 2 heteroatoms. The third-order valence-electron chi connectivity index (χ3n) is 2.75. The molecule has 0 aliphatic heterocycles. The van der Waals surface area contributed by atoms with Gasteiger partial charge in [-0.15, -0.1) is 0 Å². The number of halogens is 1. The maximum absolute atomic E-state index is 5.89. The van der Waals surface area contributed by atoms with Crippen LogP contribution in [0.1, 0.15) is 46.2 Å². The summed E-state index contributed by atoms with van der Waals surface area (Å²) >= 11 is 5.89. The topological polar surface area (TPSA) is 4.93 Å². The smallest absolute Gasteiger partial charge is 0.0483 e. The van der Waals surface area contributed by atoms with Crippen molar-refractivity contribution in [3.63, 3.8) is 0 Å². The summed E-state index contributed by atoms with van der Waals surface area (Å²) in [5.74, 6) is 0. The standard InChI is InChI=1S/C11H10ClN.C4H10.C2H6/c1-3-10-7-8-6-9(12)4-5-11(8)13(10)2;1-3-4-2;1-2/h3-7H,1H2,2H3;3-4H2,1-2H3;1-2H3. The Bertz CT molecular complexity index is 495. The lowest BCUT2D eigenvalue weighted by atomic mass is 10.2. The molecule has 0 unspecified atom stereocenters. The molecule has 0 aliphatic rings. The number of aromatic nitrogens is 1. The predicted octanol–water partition coefficient (Wildman–Crippen LogP) is 6.31. The van der Waals surface area contributed by atoms with Crippen LogP contribution in [0.25, 0.3) is 17.0 Å². The maximum Gasteiger partial charge on any atom is 0.0483 e. The summed E-state index contributed by atoms with van der Waals surface area (Å²) < 4.78 is 2.10. The fourth-order valence-electron chi connectivity index (χ4n) is 1.54. The number of unbranched alkanes of at least 4 members (excludes halogenated alkanes) is 1. The number of fused-ring (bicyclic) bond motifs is 1. The van der Waals surface area contributed by atoms with Crippen molar-refractivity contribution in [1.29, 1.82) is 0 Å². The van der Waals surface area contributed by atoms with Crippen LogP contribution in [0.2, 0.25) is 5.02 Å². The molecule has 0 radical (unpaired) electrons. The summed E-state index contributed by atoms with van der Waals surface area (Å²) in [7, 11) is 2.02. The molecular weight excluding hydrogens is 254 g/mol. The van der Waals surface area contributed by atoms with Gasteiger partial charge < -0.3 is 4.57 Å². The van der Waals surface area contributed by atoms with E-state index in [1.54, 1.807) is 0 Å². The summed E-state index contributed by atoms with van der Waals surface area (Å²) in [4.78, 5) is 0. The Labute approximate surface area is 122 Å². The number of nitrogens with zero attached hydrogens (tertiary/aromatic N) is 1. The molecule has 0 saturated heterocycles. The van der Waals surface area contributed by atoms with Crippen LogP contribution in [-0.4, -0.2) is 4.57 Å². The Morgan fingerprint density at radius 1 is 1.16 bits per heavy atom. The average Bonchev–Trinajstić information content (AvgIpc) is 2.77. The van der Waals surface area contributed by atoms with Gasteiger partial charge >= 0.3 is 0 Å². The molecule has 1 nitrogen and oxygen atoms in total. The van der Waals surface area contributed by atoms with Crippen molar-refractivity contribution in [2.75, 3.05) is 0 Å². The van der Waals surface area contributed by atoms with Gasteiger partial charge in [0, 0.05) is 28.7 Å². The van der Waals surface area contributed by atoms with Crippen molar-refractivity contribution in [3.05, 3.63) is 41.6 Å². The Morgan fingerprint density at radius 3 is 2.21 bits per heavy atom. The molecule has 0 atom stereocenters. The van der Waals surface area contributed by atoms with Crippen LogP contribution in [0.5, 0.6) is 0 Å². The van der Waals surface area contributed by atoms with Crippen LogP contribution in [0.15, 0.2) is 30.8 Å². The molecule has 106 valence electrons. The van der Waals surface area contributed by atoms with E-state index >= 15 is 0 Å². The average molecular weight is 280 g/mol. The molecule has 0 saturated carbocycles. The Hall–Kier alpha value is -1.21. The van der Waals surface area contributed by atoms with Gasteiger partial charge in [-0.2, -0.15) is 0 Å². The number of hydrogen-bond donors (Lipinski definition) is 0. The summed E-state index contributed by atoms with van der Waals surface area (Å²) in [6.45, 7) is 12.1. The van der Waals surface area contributed by atoms with Crippen molar-refractivity contribution in [3.8, 4) is 0 Å². The summed E-state index contributed by atoms with van der Waals surface area (Å²) in [5.41, 5.74) is 2.29. The van der Waals surface area contributed by atoms with E-state index in [1.165, 1.54) is 18.4 Å². The van der Waals surface area contributed by atoms with E-state index in [9.17, 15) is 0 Å². The molecule has 0 amide bonds. The predicted molar refractivity (Wildman–Crippen MR) is 90.0 cm³/mol. The first-order chi connectivity index (χ1) is 9.13. The lowest BCUT2D eigenvalue weighted by Gasteiger charge is -1.98. The van der Waals surface area contributed by atoms with Crippen LogP contribution in [-0.2, 0) is 7.05 Å². The van der Waals surface area contributed by atoms with Gasteiger partial charge in [0.2, 0.25) is 0 Å². The van der Waals surface area contributed by atoms with E-state index < -0.39 is 0 Å². The van der Waals surface area contributed by atoms with Crippen molar-refractivity contribution in [2.45, 2.75) is 40.5 Å². The number of benzene rings is 1. The van der Waals surface area contributed by atoms with Crippen LogP contribution in [0, 0.1) is 0 Å². The quantitative estimate of drug-likeness (QED) is 0.607. The van der Waals surface area contributed by atoms with Gasteiger partial charge in [-0.1, -0.05) is 58.7 Å². The van der Waals surface area contributed by atoms with Crippen LogP contribution in [0.3, 0.4) is 0 Å². The van der Waals surface area contributed by atoms with E-state index in [4.69, 9.17) is 11.6 Å². The van der Waals surface area contributed by atoms with Crippen LogP contribution < -0.4 is 0 Å². The summed E-state index contributed by atoms with van der Waals surface area (Å²) in [6, 6.07) is 7.96. The number of rotatable bonds is 2. The lowest BCUT2D eigenvalue weighted by Crippen LogP contribution is -1.88. The van der Waals surface area contributed by atoms with Gasteiger partial charge in [0.15, 0.2) is 0 Å². The minimum Gasteiger partial charge on any atom is -0.344 e. The zero-order valence-corrected chi connectivity index (χ0v) is 13.6. The molecule has 2 rings (SSSR count). The SMILES string of the molecule is C=Cc1cc2cc(Cl)ccc2n1C.CC.CCCC. The molecular formula is C17H26ClN. The third-order valence-corrected chi connectivity index (χ3v) is 2.99. The zero-order chi connectivity index (χ0) is 14.8. The first-order valence-corrected chi connectivity index (χ1v) is 7.39. The van der Waals surface area contributed by atoms with Crippen molar-refractivity contribution >= 4 is 28.6 Å². The molecule has 0 N–H and O–H groups in total. The van der Waals surface area contributed by atoms with Gasteiger partial charge in [-0.25, -0.2) is 0 Å². The Balaban J connectivity index is 0.000000467. The zero-order valence-electron chi connectivity index (χ0n) is 12.8. The van der Waals surface area contributed by atoms with E-state index in [0.29, 0.717) is 0 Å². The van der Waals surface area contributed by atoms with Crippen LogP contribution >= 0.6 is 11.6 Å². The largest absolute Gasteiger partial charge is 0.344 e. The first kappa shape index (κ1) is 17.8. The Morgan fingerprint density at radius 2 is 1.74 bits per heavy atom. The maximum atomic E-state index is 5.89. The summed E-state index contributed by atoms with van der Waals surface area (Å²) in [5, 5.41) is 1.93. The van der Waals surface area contributed by atoms with E-state index in [2.05, 4.69) is 31.1 Å². The highest BCUT2D eigenvalue weighted by Crippen LogP contribution is 2.22. The van der Waals surface area contributed by atoms with Crippen molar-refractivity contribution in [2.24, 2.45) is 7.05 Å². The van der Waals surface area contributed by atoms with E-state index in [0.717, 1.165) is 16.1 Å². The van der Waals surface area contributed by atoms with Gasteiger partial charge in [0.25, 0.3) is 0 Å². The molecule has 1 aromatic carbocycles.